The number of nitrogens with two attached hydrogens (primary N) is 1. The molecule has 1 saturated heterocycles. The average molecular weight is 303 g/mol. The smallest absolute Gasteiger partial charge is 0.243 e. The first-order valence-corrected chi connectivity index (χ1v) is 8.62. The van der Waals surface area contributed by atoms with Gasteiger partial charge in [-0.25, -0.2) is 0 Å². The number of aryl methyl sites for hydroxylation is 1. The molecule has 1 fully saturated rings. The van der Waals surface area contributed by atoms with E-state index < -0.39 is 0 Å². The lowest BCUT2D eigenvalue weighted by molar-refractivity contribution is 0.344. The number of benzene rings is 1. The van der Waals surface area contributed by atoms with Crippen LogP contribution in [0, 0.1) is 0 Å². The van der Waals surface area contributed by atoms with Gasteiger partial charge in [0.2, 0.25) is 5.89 Å². The van der Waals surface area contributed by atoms with Crippen molar-refractivity contribution in [2.45, 2.75) is 43.4 Å². The molecule has 1 aliphatic rings. The zero-order valence-corrected chi connectivity index (χ0v) is 12.9. The molecule has 0 bridgehead atoms. The average Bonchev–Trinajstić information content (AvgIpc) is 3.04. The van der Waals surface area contributed by atoms with Crippen molar-refractivity contribution in [1.29, 1.82) is 0 Å². The van der Waals surface area contributed by atoms with Crippen LogP contribution in [0.2, 0.25) is 0 Å². The van der Waals surface area contributed by atoms with Crippen LogP contribution in [0.25, 0.3) is 0 Å². The zero-order chi connectivity index (χ0) is 14.5. The maximum atomic E-state index is 6.18. The molecule has 0 saturated carbocycles. The van der Waals surface area contributed by atoms with Crippen LogP contribution in [-0.4, -0.2) is 15.9 Å². The van der Waals surface area contributed by atoms with Gasteiger partial charge in [0.15, 0.2) is 5.82 Å². The van der Waals surface area contributed by atoms with E-state index in [1.54, 1.807) is 0 Å². The Bertz CT molecular complexity index is 552. The number of nitrogens with zero attached hydrogens (tertiary/aromatic N) is 2. The van der Waals surface area contributed by atoms with E-state index in [2.05, 4.69) is 22.3 Å². The lowest BCUT2D eigenvalue weighted by Crippen LogP contribution is -2.12. The van der Waals surface area contributed by atoms with Crippen LogP contribution in [0.3, 0.4) is 0 Å². The standard InChI is InChI=1S/C16H21N3OS/c17-13(10-9-12-6-2-1-3-7-12)16-18-15(19-20-16)14-8-4-5-11-21-14/h1-3,6-7,13-14H,4-5,8-11,17H2. The summed E-state index contributed by atoms with van der Waals surface area (Å²) in [7, 11) is 0. The van der Waals surface area contributed by atoms with Crippen LogP contribution in [0.5, 0.6) is 0 Å². The second-order valence-corrected chi connectivity index (χ2v) is 6.79. The molecule has 1 aromatic heterocycles. The Morgan fingerprint density at radius 3 is 2.90 bits per heavy atom. The minimum atomic E-state index is -0.181. The molecule has 1 aliphatic heterocycles. The van der Waals surface area contributed by atoms with Gasteiger partial charge >= 0.3 is 0 Å². The normalized spacial score (nSPS) is 20.3. The van der Waals surface area contributed by atoms with Gasteiger partial charge < -0.3 is 10.3 Å². The third-order valence-corrected chi connectivity index (χ3v) is 5.20. The molecule has 21 heavy (non-hydrogen) atoms. The number of aromatic nitrogens is 2. The predicted octanol–water partition coefficient (Wildman–Crippen LogP) is 3.66. The van der Waals surface area contributed by atoms with E-state index >= 15 is 0 Å². The summed E-state index contributed by atoms with van der Waals surface area (Å²) in [4.78, 5) is 4.52. The summed E-state index contributed by atoms with van der Waals surface area (Å²) in [6, 6.07) is 10.2. The molecular weight excluding hydrogens is 282 g/mol. The SMILES string of the molecule is NC(CCc1ccccc1)c1nc(C2CCCCS2)no1. The molecule has 0 radical (unpaired) electrons. The largest absolute Gasteiger partial charge is 0.338 e. The molecular formula is C16H21N3OS. The summed E-state index contributed by atoms with van der Waals surface area (Å²) in [5.41, 5.74) is 7.47. The van der Waals surface area contributed by atoms with Gasteiger partial charge in [0.05, 0.1) is 11.3 Å². The Kier molecular flexibility index (Phi) is 4.93. The minimum Gasteiger partial charge on any atom is -0.338 e. The van der Waals surface area contributed by atoms with Crippen molar-refractivity contribution in [3.8, 4) is 0 Å². The lowest BCUT2D eigenvalue weighted by Gasteiger charge is -2.17. The molecule has 112 valence electrons. The molecule has 2 heterocycles. The van der Waals surface area contributed by atoms with E-state index in [-0.39, 0.29) is 6.04 Å². The molecule has 0 amide bonds. The minimum absolute atomic E-state index is 0.181. The van der Waals surface area contributed by atoms with E-state index in [9.17, 15) is 0 Å². The first-order chi connectivity index (χ1) is 10.3. The molecule has 2 unspecified atom stereocenters. The fourth-order valence-electron chi connectivity index (χ4n) is 2.56. The topological polar surface area (TPSA) is 64.9 Å². The van der Waals surface area contributed by atoms with Gasteiger partial charge in [0.1, 0.15) is 0 Å². The summed E-state index contributed by atoms with van der Waals surface area (Å²) in [6.45, 7) is 0. The Hall–Kier alpha value is -1.33. The van der Waals surface area contributed by atoms with Gasteiger partial charge in [-0.2, -0.15) is 16.7 Å². The predicted molar refractivity (Wildman–Crippen MR) is 85.0 cm³/mol. The highest BCUT2D eigenvalue weighted by Gasteiger charge is 2.23. The van der Waals surface area contributed by atoms with Gasteiger partial charge in [-0.15, -0.1) is 0 Å². The Balaban J connectivity index is 1.57. The third-order valence-electron chi connectivity index (χ3n) is 3.83. The molecule has 1 aromatic carbocycles. The van der Waals surface area contributed by atoms with Gasteiger partial charge in [0, 0.05) is 0 Å². The summed E-state index contributed by atoms with van der Waals surface area (Å²) in [5.74, 6) is 2.59. The first-order valence-electron chi connectivity index (χ1n) is 7.57. The molecule has 2 N–H and O–H groups in total. The highest BCUT2D eigenvalue weighted by Crippen LogP contribution is 2.37. The van der Waals surface area contributed by atoms with Crippen molar-refractivity contribution in [3.63, 3.8) is 0 Å². The van der Waals surface area contributed by atoms with E-state index in [0.29, 0.717) is 11.1 Å². The summed E-state index contributed by atoms with van der Waals surface area (Å²) >= 11 is 1.93. The van der Waals surface area contributed by atoms with Crippen molar-refractivity contribution >= 4 is 11.8 Å². The quantitative estimate of drug-likeness (QED) is 0.913. The molecule has 4 nitrogen and oxygen atoms in total. The highest BCUT2D eigenvalue weighted by atomic mass is 32.2. The third kappa shape index (κ3) is 3.86. The van der Waals surface area contributed by atoms with Crippen molar-refractivity contribution < 1.29 is 4.52 Å². The van der Waals surface area contributed by atoms with Gasteiger partial charge in [0.25, 0.3) is 0 Å². The van der Waals surface area contributed by atoms with Crippen molar-refractivity contribution in [2.75, 3.05) is 5.75 Å². The first kappa shape index (κ1) is 14.6. The fraction of sp³-hybridized carbons (Fsp3) is 0.500. The molecule has 3 rings (SSSR count). The van der Waals surface area contributed by atoms with E-state index in [4.69, 9.17) is 10.3 Å². The van der Waals surface area contributed by atoms with Crippen LogP contribution in [0.1, 0.15) is 54.3 Å². The highest BCUT2D eigenvalue weighted by molar-refractivity contribution is 7.99. The van der Waals surface area contributed by atoms with Gasteiger partial charge in [-0.05, 0) is 37.0 Å². The van der Waals surface area contributed by atoms with Crippen LogP contribution in [0.15, 0.2) is 34.9 Å². The summed E-state index contributed by atoms with van der Waals surface area (Å²) in [6.07, 6.45) is 5.44. The van der Waals surface area contributed by atoms with Crippen LogP contribution in [-0.2, 0) is 6.42 Å². The zero-order valence-electron chi connectivity index (χ0n) is 12.1. The van der Waals surface area contributed by atoms with Crippen molar-refractivity contribution in [1.82, 2.24) is 10.1 Å². The Labute approximate surface area is 129 Å². The monoisotopic (exact) mass is 303 g/mol. The van der Waals surface area contributed by atoms with E-state index in [1.807, 2.05) is 30.0 Å². The molecule has 5 heteroatoms. The molecule has 2 atom stereocenters. The van der Waals surface area contributed by atoms with Gasteiger partial charge in [-0.1, -0.05) is 41.9 Å². The van der Waals surface area contributed by atoms with Crippen LogP contribution < -0.4 is 5.73 Å². The van der Waals surface area contributed by atoms with E-state index in [1.165, 1.54) is 24.2 Å². The lowest BCUT2D eigenvalue weighted by atomic mass is 10.1. The molecule has 0 aliphatic carbocycles. The Morgan fingerprint density at radius 1 is 1.29 bits per heavy atom. The van der Waals surface area contributed by atoms with Crippen molar-refractivity contribution in [3.05, 3.63) is 47.6 Å². The number of rotatable bonds is 5. The number of hydrogen-bond donors (Lipinski definition) is 1. The molecule has 0 spiro atoms. The summed E-state index contributed by atoms with van der Waals surface area (Å²) in [5, 5.41) is 4.52. The second-order valence-electron chi connectivity index (χ2n) is 5.48. The fourth-order valence-corrected chi connectivity index (χ4v) is 3.80. The number of hydrogen-bond acceptors (Lipinski definition) is 5. The maximum absolute atomic E-state index is 6.18. The van der Waals surface area contributed by atoms with Crippen LogP contribution >= 0.6 is 11.8 Å². The Morgan fingerprint density at radius 2 is 2.14 bits per heavy atom. The second kappa shape index (κ2) is 7.09. The number of thioether (sulfide) groups is 1. The van der Waals surface area contributed by atoms with Crippen LogP contribution in [0.4, 0.5) is 0 Å². The van der Waals surface area contributed by atoms with Crippen molar-refractivity contribution in [2.24, 2.45) is 5.73 Å². The maximum Gasteiger partial charge on any atom is 0.243 e. The summed E-state index contributed by atoms with van der Waals surface area (Å²) < 4.78 is 5.37. The van der Waals surface area contributed by atoms with E-state index in [0.717, 1.165) is 25.1 Å². The molecule has 2 aromatic rings. The van der Waals surface area contributed by atoms with Gasteiger partial charge in [-0.3, -0.25) is 0 Å².